The Labute approximate surface area is 181 Å². The first-order valence-corrected chi connectivity index (χ1v) is 9.96. The smallest absolute Gasteiger partial charge is 0.337 e. The van der Waals surface area contributed by atoms with Crippen molar-refractivity contribution in [1.82, 2.24) is 5.43 Å². The number of amides is 1. The summed E-state index contributed by atoms with van der Waals surface area (Å²) in [5, 5.41) is 3.97. The summed E-state index contributed by atoms with van der Waals surface area (Å²) in [4.78, 5) is 23.6. The molecule has 6 heteroatoms. The topological polar surface area (TPSA) is 80.9 Å². The summed E-state index contributed by atoms with van der Waals surface area (Å²) in [5.41, 5.74) is 6.03. The molecular weight excluding hydrogens is 392 g/mol. The maximum Gasteiger partial charge on any atom is 0.337 e. The minimum absolute atomic E-state index is 0.0797. The lowest BCUT2D eigenvalue weighted by Gasteiger charge is -2.19. The number of hydrogen-bond donors (Lipinski definition) is 1. The first-order chi connectivity index (χ1) is 14.8. The van der Waals surface area contributed by atoms with Crippen molar-refractivity contribution in [1.29, 1.82) is 0 Å². The van der Waals surface area contributed by atoms with Crippen LogP contribution in [0.2, 0.25) is 0 Å². The average Bonchev–Trinajstić information content (AvgIpc) is 3.22. The number of esters is 1. The van der Waals surface area contributed by atoms with Gasteiger partial charge in [0.25, 0.3) is 0 Å². The highest BCUT2D eigenvalue weighted by Gasteiger charge is 2.13. The zero-order valence-electron chi connectivity index (χ0n) is 18.1. The van der Waals surface area contributed by atoms with Crippen LogP contribution in [0.3, 0.4) is 0 Å². The molecule has 1 heterocycles. The van der Waals surface area contributed by atoms with E-state index >= 15 is 0 Å². The second-order valence-corrected chi connectivity index (χ2v) is 8.19. The van der Waals surface area contributed by atoms with Crippen LogP contribution in [-0.4, -0.2) is 25.2 Å². The summed E-state index contributed by atoms with van der Waals surface area (Å²) in [6, 6.07) is 18.5. The first kappa shape index (κ1) is 22.0. The number of nitrogens with zero attached hydrogens (tertiary/aromatic N) is 1. The maximum absolute atomic E-state index is 12.1. The van der Waals surface area contributed by atoms with Gasteiger partial charge >= 0.3 is 5.97 Å². The molecule has 1 amide bonds. The molecule has 0 atom stereocenters. The van der Waals surface area contributed by atoms with Crippen LogP contribution in [0, 0.1) is 0 Å². The largest absolute Gasteiger partial charge is 0.465 e. The average molecular weight is 418 g/mol. The Kier molecular flexibility index (Phi) is 6.70. The summed E-state index contributed by atoms with van der Waals surface area (Å²) in [7, 11) is 1.34. The molecule has 6 nitrogen and oxygen atoms in total. The van der Waals surface area contributed by atoms with Crippen molar-refractivity contribution >= 4 is 18.1 Å². The number of benzene rings is 2. The second-order valence-electron chi connectivity index (χ2n) is 8.19. The fourth-order valence-corrected chi connectivity index (χ4v) is 2.98. The Balaban J connectivity index is 1.55. The zero-order valence-corrected chi connectivity index (χ0v) is 18.1. The summed E-state index contributed by atoms with van der Waals surface area (Å²) in [5.74, 6) is 0.537. The van der Waals surface area contributed by atoms with E-state index in [1.54, 1.807) is 36.4 Å². The molecule has 0 radical (unpaired) electrons. The molecule has 1 aromatic heterocycles. The number of hydrogen-bond acceptors (Lipinski definition) is 5. The highest BCUT2D eigenvalue weighted by Crippen LogP contribution is 2.23. The minimum atomic E-state index is -0.389. The van der Waals surface area contributed by atoms with Crippen molar-refractivity contribution in [2.24, 2.45) is 5.10 Å². The number of hydrazone groups is 1. The van der Waals surface area contributed by atoms with Crippen molar-refractivity contribution in [3.63, 3.8) is 0 Å². The van der Waals surface area contributed by atoms with Gasteiger partial charge in [-0.05, 0) is 40.8 Å². The van der Waals surface area contributed by atoms with Gasteiger partial charge in [0.05, 0.1) is 25.3 Å². The number of nitrogens with one attached hydrogen (secondary N) is 1. The molecule has 0 spiro atoms. The third kappa shape index (κ3) is 5.92. The Morgan fingerprint density at radius 1 is 1.00 bits per heavy atom. The standard InChI is InChI=1S/C25H26N2O4/c1-25(2,3)20-11-5-17(6-12-20)15-23(28)27-26-16-21-13-14-22(31-21)18-7-9-19(10-8-18)24(29)30-4/h5-14,16H,15H2,1-4H3,(H,27,28)/b26-16-. The summed E-state index contributed by atoms with van der Waals surface area (Å²) in [6.45, 7) is 6.46. The van der Waals surface area contributed by atoms with E-state index in [1.807, 2.05) is 24.3 Å². The van der Waals surface area contributed by atoms with Crippen molar-refractivity contribution in [2.45, 2.75) is 32.6 Å². The molecule has 0 aliphatic heterocycles. The Morgan fingerprint density at radius 2 is 1.68 bits per heavy atom. The Bertz CT molecular complexity index is 1070. The lowest BCUT2D eigenvalue weighted by Crippen LogP contribution is -2.20. The van der Waals surface area contributed by atoms with E-state index < -0.39 is 0 Å². The molecule has 0 aliphatic rings. The van der Waals surface area contributed by atoms with Crippen LogP contribution < -0.4 is 5.43 Å². The van der Waals surface area contributed by atoms with Gasteiger partial charge in [-0.2, -0.15) is 5.10 Å². The summed E-state index contributed by atoms with van der Waals surface area (Å²) < 4.78 is 10.4. The maximum atomic E-state index is 12.1. The van der Waals surface area contributed by atoms with E-state index in [9.17, 15) is 9.59 Å². The van der Waals surface area contributed by atoms with Crippen LogP contribution >= 0.6 is 0 Å². The van der Waals surface area contributed by atoms with Gasteiger partial charge < -0.3 is 9.15 Å². The van der Waals surface area contributed by atoms with Gasteiger partial charge in [0.2, 0.25) is 5.91 Å². The van der Waals surface area contributed by atoms with Gasteiger partial charge in [0, 0.05) is 5.56 Å². The number of carbonyl (C=O) groups is 2. The van der Waals surface area contributed by atoms with Crippen molar-refractivity contribution < 1.29 is 18.7 Å². The molecule has 0 unspecified atom stereocenters. The lowest BCUT2D eigenvalue weighted by atomic mass is 9.86. The van der Waals surface area contributed by atoms with Gasteiger partial charge in [-0.25, -0.2) is 10.2 Å². The highest BCUT2D eigenvalue weighted by molar-refractivity contribution is 5.90. The van der Waals surface area contributed by atoms with Gasteiger partial charge in [0.15, 0.2) is 0 Å². The Morgan fingerprint density at radius 3 is 2.29 bits per heavy atom. The monoisotopic (exact) mass is 418 g/mol. The van der Waals surface area contributed by atoms with Crippen molar-refractivity contribution in [3.8, 4) is 11.3 Å². The molecule has 0 fully saturated rings. The van der Waals surface area contributed by atoms with E-state index in [4.69, 9.17) is 9.15 Å². The quantitative estimate of drug-likeness (QED) is 0.357. The molecule has 160 valence electrons. The van der Waals surface area contributed by atoms with Crippen LogP contribution in [0.1, 0.15) is 48.0 Å². The zero-order chi connectivity index (χ0) is 22.4. The predicted octanol–water partition coefficient (Wildman–Crippen LogP) is 4.72. The van der Waals surface area contributed by atoms with Crippen molar-refractivity contribution in [2.75, 3.05) is 7.11 Å². The normalized spacial score (nSPS) is 11.5. The van der Waals surface area contributed by atoms with E-state index in [0.29, 0.717) is 17.1 Å². The fourth-order valence-electron chi connectivity index (χ4n) is 2.98. The van der Waals surface area contributed by atoms with Crippen LogP contribution in [0.25, 0.3) is 11.3 Å². The number of carbonyl (C=O) groups excluding carboxylic acids is 2. The van der Waals surface area contributed by atoms with E-state index in [2.05, 4.69) is 31.3 Å². The number of ether oxygens (including phenoxy) is 1. The Hall–Kier alpha value is -3.67. The molecule has 0 saturated heterocycles. The molecule has 2 aromatic carbocycles. The van der Waals surface area contributed by atoms with Crippen LogP contribution in [-0.2, 0) is 21.4 Å². The molecular formula is C25H26N2O4. The van der Waals surface area contributed by atoms with Gasteiger partial charge in [-0.15, -0.1) is 0 Å². The predicted molar refractivity (Wildman–Crippen MR) is 120 cm³/mol. The van der Waals surface area contributed by atoms with Gasteiger partial charge in [-0.3, -0.25) is 4.79 Å². The fraction of sp³-hybridized carbons (Fsp3) is 0.240. The molecule has 3 rings (SSSR count). The van der Waals surface area contributed by atoms with Gasteiger partial charge in [-0.1, -0.05) is 57.2 Å². The highest BCUT2D eigenvalue weighted by atomic mass is 16.5. The lowest BCUT2D eigenvalue weighted by molar-refractivity contribution is -0.120. The minimum Gasteiger partial charge on any atom is -0.465 e. The van der Waals surface area contributed by atoms with E-state index in [-0.39, 0.29) is 23.7 Å². The third-order valence-electron chi connectivity index (χ3n) is 4.78. The first-order valence-electron chi connectivity index (χ1n) is 9.96. The molecule has 0 bridgehead atoms. The van der Waals surface area contributed by atoms with Crippen LogP contribution in [0.5, 0.6) is 0 Å². The molecule has 1 N–H and O–H groups in total. The van der Waals surface area contributed by atoms with E-state index in [1.165, 1.54) is 18.9 Å². The number of methoxy groups -OCH3 is 1. The van der Waals surface area contributed by atoms with Gasteiger partial charge in [0.1, 0.15) is 11.5 Å². The molecule has 0 saturated carbocycles. The number of rotatable bonds is 6. The third-order valence-corrected chi connectivity index (χ3v) is 4.78. The summed E-state index contributed by atoms with van der Waals surface area (Å²) in [6.07, 6.45) is 1.70. The van der Waals surface area contributed by atoms with Crippen molar-refractivity contribution in [3.05, 3.63) is 83.1 Å². The number of furan rings is 1. The molecule has 31 heavy (non-hydrogen) atoms. The molecule has 3 aromatic rings. The van der Waals surface area contributed by atoms with E-state index in [0.717, 1.165) is 11.1 Å². The summed E-state index contributed by atoms with van der Waals surface area (Å²) >= 11 is 0. The SMILES string of the molecule is COC(=O)c1ccc(-c2ccc(/C=N\NC(=O)Cc3ccc(C(C)(C)C)cc3)o2)cc1. The molecule has 0 aliphatic carbocycles. The van der Waals surface area contributed by atoms with Crippen LogP contribution in [0.4, 0.5) is 0 Å². The second kappa shape index (κ2) is 9.43. The van der Waals surface area contributed by atoms with Crippen LogP contribution in [0.15, 0.2) is 70.2 Å².